The van der Waals surface area contributed by atoms with Crippen molar-refractivity contribution in [2.24, 2.45) is 17.8 Å². The van der Waals surface area contributed by atoms with Gasteiger partial charge in [0.1, 0.15) is 11.6 Å². The fourth-order valence-corrected chi connectivity index (χ4v) is 5.79. The van der Waals surface area contributed by atoms with Crippen LogP contribution in [0.15, 0.2) is 30.6 Å². The molecule has 3 heterocycles. The molecule has 0 radical (unpaired) electrons. The number of benzene rings is 1. The van der Waals surface area contributed by atoms with Crippen LogP contribution in [-0.4, -0.2) is 60.7 Å². The molecule has 36 heavy (non-hydrogen) atoms. The summed E-state index contributed by atoms with van der Waals surface area (Å²) in [6.45, 7) is 4.73. The summed E-state index contributed by atoms with van der Waals surface area (Å²) in [7, 11) is 1.67. The molecule has 2 saturated heterocycles. The summed E-state index contributed by atoms with van der Waals surface area (Å²) in [5.41, 5.74) is 1.44. The van der Waals surface area contributed by atoms with Crippen LogP contribution in [0, 0.1) is 23.6 Å². The van der Waals surface area contributed by atoms with E-state index < -0.39 is 0 Å². The van der Waals surface area contributed by atoms with Crippen molar-refractivity contribution in [2.75, 3.05) is 44.8 Å². The number of carbonyl (C=O) groups is 1. The Morgan fingerprint density at radius 1 is 1.11 bits per heavy atom. The topological polar surface area (TPSA) is 67.8 Å². The van der Waals surface area contributed by atoms with E-state index in [0.717, 1.165) is 68.8 Å². The minimum absolute atomic E-state index is 0.0122. The highest BCUT2D eigenvalue weighted by molar-refractivity contribution is 5.79. The van der Waals surface area contributed by atoms with Crippen molar-refractivity contribution in [1.82, 2.24) is 14.9 Å². The average Bonchev–Trinajstić information content (AvgIpc) is 3.44. The first kappa shape index (κ1) is 24.9. The summed E-state index contributed by atoms with van der Waals surface area (Å²) in [6, 6.07) is 4.91. The van der Waals surface area contributed by atoms with E-state index in [1.807, 2.05) is 17.3 Å². The van der Waals surface area contributed by atoms with Crippen LogP contribution >= 0.6 is 0 Å². The molecule has 2 aromatic rings. The largest absolute Gasteiger partial charge is 0.493 e. The molecule has 0 unspecified atom stereocenters. The van der Waals surface area contributed by atoms with Gasteiger partial charge >= 0.3 is 0 Å². The summed E-state index contributed by atoms with van der Waals surface area (Å²) >= 11 is 0. The number of aromatic nitrogens is 2. The summed E-state index contributed by atoms with van der Waals surface area (Å²) in [5, 5.41) is 0. The molecule has 7 nitrogen and oxygen atoms in total. The lowest BCUT2D eigenvalue weighted by molar-refractivity contribution is -0.129. The van der Waals surface area contributed by atoms with Crippen LogP contribution in [-0.2, 0) is 22.6 Å². The molecule has 5 rings (SSSR count). The van der Waals surface area contributed by atoms with Crippen LogP contribution in [0.1, 0.15) is 49.7 Å². The van der Waals surface area contributed by atoms with E-state index in [9.17, 15) is 9.18 Å². The second-order valence-corrected chi connectivity index (χ2v) is 10.5. The standard InChI is InChI=1S/C28H37FN4O3/c1-35-19-20-17-30-28(31-18-20)33-11-6-21(7-12-33)25-14-22(25)8-13-36-24-5-4-23(26(29)16-24)15-27(34)32-9-2-3-10-32/h4-5,16-18,21-22,25H,2-3,6-15,19H2,1H3/t22-,25-/m1/s1. The Kier molecular flexibility index (Phi) is 7.99. The Balaban J connectivity index is 1.01. The van der Waals surface area contributed by atoms with Crippen molar-refractivity contribution >= 4 is 11.9 Å². The van der Waals surface area contributed by atoms with Crippen molar-refractivity contribution in [3.63, 3.8) is 0 Å². The number of rotatable bonds is 10. The van der Waals surface area contributed by atoms with Gasteiger partial charge in [0.15, 0.2) is 0 Å². The SMILES string of the molecule is COCc1cnc(N2CCC([C@H]3C[C@H]3CCOc3ccc(CC(=O)N4CCCC4)c(F)c3)CC2)nc1. The molecule has 0 N–H and O–H groups in total. The van der Waals surface area contributed by atoms with Gasteiger partial charge in [0.25, 0.3) is 0 Å². The second-order valence-electron chi connectivity index (χ2n) is 10.5. The second kappa shape index (κ2) is 11.5. The normalized spacial score (nSPS) is 22.2. The third kappa shape index (κ3) is 6.14. The van der Waals surface area contributed by atoms with Crippen molar-refractivity contribution in [1.29, 1.82) is 0 Å². The maximum atomic E-state index is 14.5. The van der Waals surface area contributed by atoms with Crippen LogP contribution < -0.4 is 9.64 Å². The van der Waals surface area contributed by atoms with Gasteiger partial charge in [0.05, 0.1) is 19.6 Å². The van der Waals surface area contributed by atoms with Gasteiger partial charge in [-0.25, -0.2) is 14.4 Å². The molecule has 194 valence electrons. The number of anilines is 1. The Bertz CT molecular complexity index is 1020. The minimum atomic E-state index is -0.353. The number of nitrogens with zero attached hydrogens (tertiary/aromatic N) is 4. The van der Waals surface area contributed by atoms with Crippen molar-refractivity contribution in [3.8, 4) is 5.75 Å². The van der Waals surface area contributed by atoms with E-state index in [4.69, 9.17) is 9.47 Å². The van der Waals surface area contributed by atoms with Gasteiger partial charge in [-0.2, -0.15) is 0 Å². The number of hydrogen-bond acceptors (Lipinski definition) is 6. The highest BCUT2D eigenvalue weighted by Crippen LogP contribution is 2.49. The molecule has 1 aromatic heterocycles. The fraction of sp³-hybridized carbons (Fsp3) is 0.607. The molecule has 1 aromatic carbocycles. The van der Waals surface area contributed by atoms with E-state index in [1.54, 1.807) is 19.2 Å². The zero-order chi connectivity index (χ0) is 24.9. The molecule has 1 aliphatic carbocycles. The Labute approximate surface area is 213 Å². The lowest BCUT2D eigenvalue weighted by Gasteiger charge is -2.32. The molecular formula is C28H37FN4O3. The van der Waals surface area contributed by atoms with E-state index in [-0.39, 0.29) is 18.1 Å². The molecule has 2 atom stereocenters. The molecule has 8 heteroatoms. The van der Waals surface area contributed by atoms with Gasteiger partial charge in [-0.3, -0.25) is 4.79 Å². The summed E-state index contributed by atoms with van der Waals surface area (Å²) < 4.78 is 25.5. The van der Waals surface area contributed by atoms with Crippen molar-refractivity contribution < 1.29 is 18.7 Å². The molecule has 3 fully saturated rings. The number of ether oxygens (including phenoxy) is 2. The number of methoxy groups -OCH3 is 1. The molecule has 1 amide bonds. The first-order valence-electron chi connectivity index (χ1n) is 13.3. The van der Waals surface area contributed by atoms with E-state index in [2.05, 4.69) is 14.9 Å². The average molecular weight is 497 g/mol. The van der Waals surface area contributed by atoms with Gasteiger partial charge in [-0.05, 0) is 67.9 Å². The van der Waals surface area contributed by atoms with E-state index in [0.29, 0.717) is 30.4 Å². The zero-order valence-electron chi connectivity index (χ0n) is 21.2. The number of amides is 1. The first-order valence-corrected chi connectivity index (χ1v) is 13.3. The summed E-state index contributed by atoms with van der Waals surface area (Å²) in [6.07, 6.45) is 10.5. The number of likely N-dealkylation sites (tertiary alicyclic amines) is 1. The number of halogens is 1. The van der Waals surface area contributed by atoms with E-state index in [1.165, 1.54) is 25.3 Å². The first-order chi connectivity index (χ1) is 17.6. The summed E-state index contributed by atoms with van der Waals surface area (Å²) in [4.78, 5) is 25.4. The van der Waals surface area contributed by atoms with Crippen molar-refractivity contribution in [3.05, 3.63) is 47.5 Å². The van der Waals surface area contributed by atoms with Gasteiger partial charge in [-0.1, -0.05) is 6.07 Å². The molecule has 3 aliphatic rings. The fourth-order valence-electron chi connectivity index (χ4n) is 5.79. The van der Waals surface area contributed by atoms with Gasteiger partial charge in [-0.15, -0.1) is 0 Å². The molecular weight excluding hydrogens is 459 g/mol. The number of hydrogen-bond donors (Lipinski definition) is 0. The zero-order valence-corrected chi connectivity index (χ0v) is 21.2. The van der Waals surface area contributed by atoms with Crippen molar-refractivity contribution in [2.45, 2.75) is 51.6 Å². The predicted octanol–water partition coefficient (Wildman–Crippen LogP) is 4.25. The van der Waals surface area contributed by atoms with Crippen LogP contribution in [0.25, 0.3) is 0 Å². The maximum Gasteiger partial charge on any atom is 0.227 e. The minimum Gasteiger partial charge on any atom is -0.493 e. The van der Waals surface area contributed by atoms with Crippen LogP contribution in [0.5, 0.6) is 5.75 Å². The van der Waals surface area contributed by atoms with Crippen LogP contribution in [0.4, 0.5) is 10.3 Å². The number of carbonyl (C=O) groups excluding carboxylic acids is 1. The molecule has 1 saturated carbocycles. The Hall–Kier alpha value is -2.74. The lowest BCUT2D eigenvalue weighted by atomic mass is 9.90. The smallest absolute Gasteiger partial charge is 0.227 e. The van der Waals surface area contributed by atoms with Gasteiger partial charge in [0.2, 0.25) is 11.9 Å². The van der Waals surface area contributed by atoms with Gasteiger partial charge in [0, 0.05) is 57.3 Å². The molecule has 0 bridgehead atoms. The quantitative estimate of drug-likeness (QED) is 0.490. The summed E-state index contributed by atoms with van der Waals surface area (Å²) in [5.74, 6) is 3.25. The van der Waals surface area contributed by atoms with Crippen LogP contribution in [0.2, 0.25) is 0 Å². The molecule has 0 spiro atoms. The highest BCUT2D eigenvalue weighted by Gasteiger charge is 2.43. The Morgan fingerprint density at radius 3 is 2.56 bits per heavy atom. The monoisotopic (exact) mass is 496 g/mol. The lowest BCUT2D eigenvalue weighted by Crippen LogP contribution is -2.35. The molecule has 2 aliphatic heterocycles. The van der Waals surface area contributed by atoms with Crippen LogP contribution in [0.3, 0.4) is 0 Å². The van der Waals surface area contributed by atoms with Gasteiger partial charge < -0.3 is 19.3 Å². The Morgan fingerprint density at radius 2 is 1.86 bits per heavy atom. The predicted molar refractivity (Wildman–Crippen MR) is 135 cm³/mol. The highest BCUT2D eigenvalue weighted by atomic mass is 19.1. The van der Waals surface area contributed by atoms with E-state index >= 15 is 0 Å². The third-order valence-electron chi connectivity index (χ3n) is 7.99. The third-order valence-corrected chi connectivity index (χ3v) is 7.99. The maximum absolute atomic E-state index is 14.5. The number of piperidine rings is 1.